The molecule has 0 radical (unpaired) electrons. The van der Waals surface area contributed by atoms with Gasteiger partial charge in [0.05, 0.1) is 5.75 Å². The van der Waals surface area contributed by atoms with Crippen molar-refractivity contribution in [3.05, 3.63) is 0 Å². The highest BCUT2D eigenvalue weighted by Gasteiger charge is 2.02. The Morgan fingerprint density at radius 1 is 1.12 bits per heavy atom. The standard InChI is InChI=1S/C11H26N2O2S/c1-4-9-13(5-2)10-8-12-7-6-11-16(3,14)15/h12H,4-11H2,1-3H3. The van der Waals surface area contributed by atoms with Crippen LogP contribution in [0.4, 0.5) is 0 Å². The molecular formula is C11H26N2O2S. The number of hydrogen-bond acceptors (Lipinski definition) is 4. The summed E-state index contributed by atoms with van der Waals surface area (Å²) in [6.45, 7) is 9.35. The molecule has 0 rings (SSSR count). The van der Waals surface area contributed by atoms with Crippen LogP contribution < -0.4 is 5.32 Å². The highest BCUT2D eigenvalue weighted by molar-refractivity contribution is 7.90. The zero-order valence-electron chi connectivity index (χ0n) is 10.8. The molecule has 0 atom stereocenters. The van der Waals surface area contributed by atoms with Crippen LogP contribution in [0.15, 0.2) is 0 Å². The summed E-state index contributed by atoms with van der Waals surface area (Å²) >= 11 is 0. The average molecular weight is 250 g/mol. The molecular weight excluding hydrogens is 224 g/mol. The fourth-order valence-corrected chi connectivity index (χ4v) is 2.23. The van der Waals surface area contributed by atoms with Crippen LogP contribution in [0.3, 0.4) is 0 Å². The zero-order chi connectivity index (χ0) is 12.4. The van der Waals surface area contributed by atoms with E-state index < -0.39 is 9.84 Å². The van der Waals surface area contributed by atoms with Crippen LogP contribution >= 0.6 is 0 Å². The lowest BCUT2D eigenvalue weighted by Gasteiger charge is -2.19. The van der Waals surface area contributed by atoms with Crippen LogP contribution in [0.25, 0.3) is 0 Å². The zero-order valence-corrected chi connectivity index (χ0v) is 11.6. The van der Waals surface area contributed by atoms with Gasteiger partial charge < -0.3 is 10.2 Å². The lowest BCUT2D eigenvalue weighted by atomic mass is 10.4. The van der Waals surface area contributed by atoms with E-state index in [2.05, 4.69) is 24.1 Å². The summed E-state index contributed by atoms with van der Waals surface area (Å²) in [6, 6.07) is 0. The van der Waals surface area contributed by atoms with Crippen LogP contribution in [0.1, 0.15) is 26.7 Å². The number of hydrogen-bond donors (Lipinski definition) is 1. The summed E-state index contributed by atoms with van der Waals surface area (Å²) in [7, 11) is -2.79. The number of sulfone groups is 1. The molecule has 5 heteroatoms. The summed E-state index contributed by atoms with van der Waals surface area (Å²) in [6.07, 6.45) is 3.17. The second-order valence-corrected chi connectivity index (χ2v) is 6.43. The van der Waals surface area contributed by atoms with Crippen LogP contribution in [-0.4, -0.2) is 58.1 Å². The smallest absolute Gasteiger partial charge is 0.147 e. The van der Waals surface area contributed by atoms with Crippen LogP contribution in [0, 0.1) is 0 Å². The lowest BCUT2D eigenvalue weighted by Crippen LogP contribution is -2.33. The normalized spacial score (nSPS) is 12.2. The van der Waals surface area contributed by atoms with Gasteiger partial charge in [0.25, 0.3) is 0 Å². The minimum absolute atomic E-state index is 0.284. The Bertz CT molecular complexity index is 253. The number of likely N-dealkylation sites (N-methyl/N-ethyl adjacent to an activating group) is 1. The molecule has 0 heterocycles. The Hall–Kier alpha value is -0.130. The van der Waals surface area contributed by atoms with Gasteiger partial charge in [0, 0.05) is 19.3 Å². The third-order valence-corrected chi connectivity index (χ3v) is 3.49. The first-order valence-electron chi connectivity index (χ1n) is 6.10. The van der Waals surface area contributed by atoms with Crippen molar-refractivity contribution in [2.75, 3.05) is 44.7 Å². The van der Waals surface area contributed by atoms with E-state index in [9.17, 15) is 8.42 Å². The maximum absolute atomic E-state index is 10.9. The minimum Gasteiger partial charge on any atom is -0.315 e. The van der Waals surface area contributed by atoms with Gasteiger partial charge in [-0.3, -0.25) is 0 Å². The second-order valence-electron chi connectivity index (χ2n) is 4.17. The summed E-state index contributed by atoms with van der Waals surface area (Å²) in [5.41, 5.74) is 0. The van der Waals surface area contributed by atoms with Crippen molar-refractivity contribution in [3.63, 3.8) is 0 Å². The molecule has 0 aliphatic heterocycles. The van der Waals surface area contributed by atoms with E-state index in [-0.39, 0.29) is 5.75 Å². The van der Waals surface area contributed by atoms with Gasteiger partial charge in [0.15, 0.2) is 0 Å². The lowest BCUT2D eigenvalue weighted by molar-refractivity contribution is 0.288. The topological polar surface area (TPSA) is 49.4 Å². The molecule has 0 aromatic carbocycles. The highest BCUT2D eigenvalue weighted by Crippen LogP contribution is 1.90. The summed E-state index contributed by atoms with van der Waals surface area (Å²) < 4.78 is 21.7. The number of nitrogens with zero attached hydrogens (tertiary/aromatic N) is 1. The molecule has 0 saturated carbocycles. The van der Waals surface area contributed by atoms with Gasteiger partial charge >= 0.3 is 0 Å². The Balaban J connectivity index is 3.38. The molecule has 0 aromatic heterocycles. The highest BCUT2D eigenvalue weighted by atomic mass is 32.2. The molecule has 0 saturated heterocycles. The molecule has 1 N–H and O–H groups in total. The Morgan fingerprint density at radius 3 is 2.31 bits per heavy atom. The van der Waals surface area contributed by atoms with Crippen molar-refractivity contribution in [2.45, 2.75) is 26.7 Å². The van der Waals surface area contributed by atoms with Crippen molar-refractivity contribution in [1.82, 2.24) is 10.2 Å². The molecule has 4 nitrogen and oxygen atoms in total. The van der Waals surface area contributed by atoms with Crippen molar-refractivity contribution in [3.8, 4) is 0 Å². The third-order valence-electron chi connectivity index (χ3n) is 2.46. The van der Waals surface area contributed by atoms with Gasteiger partial charge in [-0.1, -0.05) is 13.8 Å². The maximum atomic E-state index is 10.9. The van der Waals surface area contributed by atoms with Gasteiger partial charge in [-0.2, -0.15) is 0 Å². The molecule has 16 heavy (non-hydrogen) atoms. The molecule has 0 bridgehead atoms. The first-order valence-corrected chi connectivity index (χ1v) is 8.16. The number of rotatable bonds is 10. The third kappa shape index (κ3) is 10.4. The molecule has 98 valence electrons. The van der Waals surface area contributed by atoms with Crippen molar-refractivity contribution in [2.24, 2.45) is 0 Å². The second kappa shape index (κ2) is 8.96. The van der Waals surface area contributed by atoms with Crippen LogP contribution in [-0.2, 0) is 9.84 Å². The van der Waals surface area contributed by atoms with Crippen molar-refractivity contribution < 1.29 is 8.42 Å². The average Bonchev–Trinajstić information content (AvgIpc) is 2.20. The van der Waals surface area contributed by atoms with Crippen molar-refractivity contribution >= 4 is 9.84 Å². The predicted octanol–water partition coefficient (Wildman–Crippen LogP) is 0.743. The fraction of sp³-hybridized carbons (Fsp3) is 1.00. The van der Waals surface area contributed by atoms with E-state index in [1.165, 1.54) is 12.7 Å². The largest absolute Gasteiger partial charge is 0.315 e. The predicted molar refractivity (Wildman–Crippen MR) is 69.6 cm³/mol. The summed E-state index contributed by atoms with van der Waals surface area (Å²) in [5, 5.41) is 3.28. The Kier molecular flexibility index (Phi) is 8.89. The SMILES string of the molecule is CCCN(CC)CCNCCCS(C)(=O)=O. The van der Waals surface area contributed by atoms with Gasteiger partial charge in [-0.25, -0.2) is 8.42 Å². The van der Waals surface area contributed by atoms with Gasteiger partial charge in [-0.05, 0) is 32.5 Å². The Morgan fingerprint density at radius 2 is 1.81 bits per heavy atom. The molecule has 0 spiro atoms. The van der Waals surface area contributed by atoms with E-state index in [4.69, 9.17) is 0 Å². The quantitative estimate of drug-likeness (QED) is 0.581. The number of nitrogens with one attached hydrogen (secondary N) is 1. The summed E-state index contributed by atoms with van der Waals surface area (Å²) in [5.74, 6) is 0.284. The molecule has 0 unspecified atom stereocenters. The van der Waals surface area contributed by atoms with E-state index in [0.717, 1.165) is 32.7 Å². The molecule has 0 aliphatic rings. The molecule has 0 aromatic rings. The fourth-order valence-electron chi connectivity index (χ4n) is 1.57. The van der Waals surface area contributed by atoms with Crippen LogP contribution in [0.5, 0.6) is 0 Å². The minimum atomic E-state index is -2.79. The molecule has 0 aliphatic carbocycles. The van der Waals surface area contributed by atoms with E-state index in [0.29, 0.717) is 6.42 Å². The van der Waals surface area contributed by atoms with Crippen molar-refractivity contribution in [1.29, 1.82) is 0 Å². The first-order chi connectivity index (χ1) is 7.49. The van der Waals surface area contributed by atoms with E-state index in [1.807, 2.05) is 0 Å². The Labute approximate surface area is 100 Å². The maximum Gasteiger partial charge on any atom is 0.147 e. The van der Waals surface area contributed by atoms with Gasteiger partial charge in [0.2, 0.25) is 0 Å². The monoisotopic (exact) mass is 250 g/mol. The van der Waals surface area contributed by atoms with E-state index >= 15 is 0 Å². The first kappa shape index (κ1) is 15.9. The molecule has 0 fully saturated rings. The van der Waals surface area contributed by atoms with Gasteiger partial charge in [-0.15, -0.1) is 0 Å². The summed E-state index contributed by atoms with van der Waals surface area (Å²) in [4.78, 5) is 2.39. The molecule has 0 amide bonds. The van der Waals surface area contributed by atoms with Crippen LogP contribution in [0.2, 0.25) is 0 Å². The van der Waals surface area contributed by atoms with Gasteiger partial charge in [0.1, 0.15) is 9.84 Å². The van der Waals surface area contributed by atoms with E-state index in [1.54, 1.807) is 0 Å².